The van der Waals surface area contributed by atoms with E-state index >= 15 is 0 Å². The summed E-state index contributed by atoms with van der Waals surface area (Å²) in [6, 6.07) is 2.10. The smallest absolute Gasteiger partial charge is 0.367 e. The Labute approximate surface area is 147 Å². The number of rotatable bonds is 4. The van der Waals surface area contributed by atoms with Gasteiger partial charge in [0.1, 0.15) is 10.7 Å². The van der Waals surface area contributed by atoms with Gasteiger partial charge in [-0.2, -0.15) is 0 Å². The predicted molar refractivity (Wildman–Crippen MR) is 95.1 cm³/mol. The van der Waals surface area contributed by atoms with Crippen molar-refractivity contribution >= 4 is 38.9 Å². The van der Waals surface area contributed by atoms with Gasteiger partial charge in [0.25, 0.3) is 0 Å². The molecule has 0 radical (unpaired) electrons. The largest absolute Gasteiger partial charge is 0.461 e. The van der Waals surface area contributed by atoms with E-state index in [9.17, 15) is 4.79 Å². The third-order valence-electron chi connectivity index (χ3n) is 4.23. The van der Waals surface area contributed by atoms with Crippen LogP contribution in [0.2, 0.25) is 0 Å². The second kappa shape index (κ2) is 5.89. The Kier molecular flexibility index (Phi) is 3.85. The summed E-state index contributed by atoms with van der Waals surface area (Å²) in [5, 5.41) is 3.68. The van der Waals surface area contributed by atoms with Crippen molar-refractivity contribution in [3.05, 3.63) is 38.5 Å². The summed E-state index contributed by atoms with van der Waals surface area (Å²) >= 11 is 3.11. The van der Waals surface area contributed by atoms with Crippen LogP contribution in [0.25, 0.3) is 10.2 Å². The highest BCUT2D eigenvalue weighted by Crippen LogP contribution is 2.57. The molecule has 3 aromatic rings. The molecule has 24 heavy (non-hydrogen) atoms. The molecule has 0 spiro atoms. The van der Waals surface area contributed by atoms with Gasteiger partial charge in [-0.3, -0.25) is 0 Å². The lowest BCUT2D eigenvalue weighted by Crippen LogP contribution is -2.03. The summed E-state index contributed by atoms with van der Waals surface area (Å²) in [6.07, 6.45) is 1.05. The number of carbonyl (C=O) groups excluding carboxylic acids is 1. The van der Waals surface area contributed by atoms with Crippen molar-refractivity contribution in [3.63, 3.8) is 0 Å². The first kappa shape index (κ1) is 15.7. The van der Waals surface area contributed by atoms with Gasteiger partial charge in [-0.25, -0.2) is 19.7 Å². The maximum Gasteiger partial charge on any atom is 0.367 e. The molecule has 2 atom stereocenters. The van der Waals surface area contributed by atoms with E-state index in [1.165, 1.54) is 16.2 Å². The molecule has 3 aromatic heterocycles. The van der Waals surface area contributed by atoms with E-state index < -0.39 is 0 Å². The van der Waals surface area contributed by atoms with Gasteiger partial charge in [-0.15, -0.1) is 22.7 Å². The van der Waals surface area contributed by atoms with Gasteiger partial charge < -0.3 is 4.74 Å². The highest BCUT2D eigenvalue weighted by Gasteiger charge is 2.44. The molecule has 0 aromatic carbocycles. The zero-order chi connectivity index (χ0) is 16.8. The Morgan fingerprint density at radius 3 is 2.92 bits per heavy atom. The molecular weight excluding hydrogens is 342 g/mol. The lowest BCUT2D eigenvalue weighted by atomic mass is 10.1. The van der Waals surface area contributed by atoms with Crippen LogP contribution in [0, 0.1) is 13.8 Å². The zero-order valence-corrected chi connectivity index (χ0v) is 15.3. The minimum Gasteiger partial charge on any atom is -0.461 e. The van der Waals surface area contributed by atoms with Gasteiger partial charge in [0.15, 0.2) is 0 Å². The molecule has 3 heterocycles. The number of thiazole rings is 1. The second-order valence-corrected chi connectivity index (χ2v) is 7.86. The van der Waals surface area contributed by atoms with Crippen LogP contribution in [0.15, 0.2) is 11.4 Å². The number of fused-ring (bicyclic) bond motifs is 1. The van der Waals surface area contributed by atoms with Crippen molar-refractivity contribution < 1.29 is 9.53 Å². The van der Waals surface area contributed by atoms with E-state index in [4.69, 9.17) is 9.72 Å². The molecule has 0 amide bonds. The Hall–Kier alpha value is -1.86. The quantitative estimate of drug-likeness (QED) is 0.653. The summed E-state index contributed by atoms with van der Waals surface area (Å²) in [5.74, 6) is 1.27. The first-order chi connectivity index (χ1) is 11.6. The van der Waals surface area contributed by atoms with Crippen molar-refractivity contribution in [3.8, 4) is 0 Å². The first-order valence-corrected chi connectivity index (χ1v) is 9.64. The van der Waals surface area contributed by atoms with Gasteiger partial charge in [0, 0.05) is 22.1 Å². The van der Waals surface area contributed by atoms with E-state index in [-0.39, 0.29) is 5.97 Å². The van der Waals surface area contributed by atoms with E-state index in [1.807, 2.05) is 13.8 Å². The van der Waals surface area contributed by atoms with Crippen molar-refractivity contribution in [1.29, 1.82) is 0 Å². The minimum absolute atomic E-state index is 0.327. The SMILES string of the molecule is CCOC(=O)c1nc(C)c(C2CC2c2nc(C)nc3sccc23)s1. The third kappa shape index (κ3) is 2.61. The number of aromatic nitrogens is 3. The Balaban J connectivity index is 1.64. The van der Waals surface area contributed by atoms with Gasteiger partial charge in [0.2, 0.25) is 5.01 Å². The molecular formula is C17H17N3O2S2. The fourth-order valence-electron chi connectivity index (χ4n) is 3.09. The summed E-state index contributed by atoms with van der Waals surface area (Å²) in [5.41, 5.74) is 2.07. The van der Waals surface area contributed by atoms with Gasteiger partial charge in [-0.05, 0) is 38.6 Å². The number of hydrogen-bond acceptors (Lipinski definition) is 7. The van der Waals surface area contributed by atoms with Crippen LogP contribution in [0.5, 0.6) is 0 Å². The second-order valence-electron chi connectivity index (χ2n) is 5.93. The lowest BCUT2D eigenvalue weighted by Gasteiger charge is -2.03. The molecule has 124 valence electrons. The van der Waals surface area contributed by atoms with E-state index in [2.05, 4.69) is 21.4 Å². The van der Waals surface area contributed by atoms with Gasteiger partial charge in [-0.1, -0.05) is 0 Å². The molecule has 0 saturated heterocycles. The average Bonchev–Trinajstić information content (AvgIpc) is 3.00. The number of carbonyl (C=O) groups is 1. The van der Waals surface area contributed by atoms with Gasteiger partial charge >= 0.3 is 5.97 Å². The topological polar surface area (TPSA) is 65.0 Å². The molecule has 5 nitrogen and oxygen atoms in total. The normalized spacial score (nSPS) is 19.6. The maximum atomic E-state index is 11.9. The monoisotopic (exact) mass is 359 g/mol. The van der Waals surface area contributed by atoms with Crippen LogP contribution in [-0.4, -0.2) is 27.5 Å². The summed E-state index contributed by atoms with van der Waals surface area (Å²) in [4.78, 5) is 27.7. The Morgan fingerprint density at radius 2 is 2.12 bits per heavy atom. The lowest BCUT2D eigenvalue weighted by molar-refractivity contribution is 0.0525. The molecule has 2 unspecified atom stereocenters. The molecule has 1 fully saturated rings. The Bertz CT molecular complexity index is 931. The highest BCUT2D eigenvalue weighted by molar-refractivity contribution is 7.16. The molecule has 1 saturated carbocycles. The number of ether oxygens (including phenoxy) is 1. The van der Waals surface area contributed by atoms with Crippen LogP contribution in [-0.2, 0) is 4.74 Å². The molecule has 0 N–H and O–H groups in total. The van der Waals surface area contributed by atoms with Crippen molar-refractivity contribution in [2.24, 2.45) is 0 Å². The standard InChI is InChI=1S/C17H17N3O2S2/c1-4-22-17(21)16-18-8(2)14(24-16)12-7-11(12)13-10-5-6-23-15(10)20-9(3)19-13/h5-6,11-12H,4,7H2,1-3H3. The number of nitrogens with zero attached hydrogens (tertiary/aromatic N) is 3. The molecule has 0 aliphatic heterocycles. The van der Waals surface area contributed by atoms with Crippen LogP contribution < -0.4 is 0 Å². The summed E-state index contributed by atoms with van der Waals surface area (Å²) < 4.78 is 5.06. The third-order valence-corrected chi connectivity index (χ3v) is 6.30. The number of esters is 1. The minimum atomic E-state index is -0.327. The molecule has 0 bridgehead atoms. The maximum absolute atomic E-state index is 11.9. The predicted octanol–water partition coefficient (Wildman–Crippen LogP) is 4.21. The van der Waals surface area contributed by atoms with Crippen molar-refractivity contribution in [2.75, 3.05) is 6.61 Å². The fourth-order valence-corrected chi connectivity index (χ4v) is 5.05. The zero-order valence-electron chi connectivity index (χ0n) is 13.7. The van der Waals surface area contributed by atoms with Crippen LogP contribution in [0.4, 0.5) is 0 Å². The van der Waals surface area contributed by atoms with Crippen molar-refractivity contribution in [2.45, 2.75) is 39.0 Å². The highest BCUT2D eigenvalue weighted by atomic mass is 32.1. The van der Waals surface area contributed by atoms with E-state index in [0.717, 1.165) is 33.8 Å². The molecule has 1 aliphatic rings. The molecule has 1 aliphatic carbocycles. The van der Waals surface area contributed by atoms with Crippen LogP contribution >= 0.6 is 22.7 Å². The average molecular weight is 359 g/mol. The summed E-state index contributed by atoms with van der Waals surface area (Å²) in [6.45, 7) is 6.08. The van der Waals surface area contributed by atoms with E-state index in [1.54, 1.807) is 18.3 Å². The van der Waals surface area contributed by atoms with Crippen LogP contribution in [0.3, 0.4) is 0 Å². The number of thiophene rings is 1. The molecule has 4 rings (SSSR count). The molecule has 7 heteroatoms. The van der Waals surface area contributed by atoms with E-state index in [0.29, 0.717) is 23.5 Å². The van der Waals surface area contributed by atoms with Gasteiger partial charge in [0.05, 0.1) is 18.0 Å². The fraction of sp³-hybridized carbons (Fsp3) is 0.412. The van der Waals surface area contributed by atoms with Crippen LogP contribution in [0.1, 0.15) is 57.1 Å². The summed E-state index contributed by atoms with van der Waals surface area (Å²) in [7, 11) is 0. The van der Waals surface area contributed by atoms with Crippen molar-refractivity contribution in [1.82, 2.24) is 15.0 Å². The number of aryl methyl sites for hydroxylation is 2. The Morgan fingerprint density at radius 1 is 1.29 bits per heavy atom. The number of hydrogen-bond donors (Lipinski definition) is 0. The first-order valence-electron chi connectivity index (χ1n) is 7.94.